The Morgan fingerprint density at radius 1 is 0.352 bits per heavy atom. The molecule has 0 aromatic carbocycles. The molecule has 4 aliphatic rings. The molecule has 27 heteroatoms. The monoisotopic (exact) mass is 1020 g/mol. The highest BCUT2D eigenvalue weighted by Gasteiger charge is 2.59. The van der Waals surface area contributed by atoms with E-state index in [1.807, 2.05) is 0 Å². The van der Waals surface area contributed by atoms with E-state index in [1.54, 1.807) is 0 Å². The molecule has 11 unspecified atom stereocenters. The molecule has 0 aliphatic carbocycles. The fraction of sp³-hybridized carbons (Fsp3) is 0.727. The van der Waals surface area contributed by atoms with Crippen LogP contribution >= 0.6 is 0 Å². The molecule has 4 aliphatic heterocycles. The van der Waals surface area contributed by atoms with Gasteiger partial charge < -0.3 is 80.5 Å². The molecule has 71 heavy (non-hydrogen) atoms. The lowest BCUT2D eigenvalue weighted by Gasteiger charge is -2.49. The minimum Gasteiger partial charge on any atom is -0.492 e. The van der Waals surface area contributed by atoms with Crippen LogP contribution in [0, 0.1) is 0 Å². The molecule has 4 heterocycles. The Morgan fingerprint density at radius 2 is 0.676 bits per heavy atom. The standard InChI is InChI=1S/C44H60O27/c1-17-32(60-21(5)47)36(63-24(8)50)39(66-27(11)53)42(58-17)68-29-13-14-55-30(15-56-19(3)45)34(29)70-44-41(38(65-26(10)52)35(62-23(7)49)31(69-44)16-57-20(4)46)71-43-40(67-28(12)54)37(64-25(9)51)33(18(2)59-43)61-22(6)48/h13-14,17-18,29-44H,15-16H2,1-12H3/t17?,18?,29?,30?,31?,32-,33-,34+,35+,36?,37?,38?,39?,40+,41?,42+,43?,44+/m1/s1. The maximum atomic E-state index is 13.0. The number of carbonyl (C=O) groups excluding carboxylic acids is 10. The lowest BCUT2D eigenvalue weighted by atomic mass is 9.96. The van der Waals surface area contributed by atoms with Gasteiger partial charge in [-0.05, 0) is 19.9 Å². The Hall–Kier alpha value is -6.00. The second-order valence-corrected chi connectivity index (χ2v) is 16.5. The Morgan fingerprint density at radius 3 is 1.08 bits per heavy atom. The molecule has 4 rings (SSSR count). The average molecular weight is 1020 g/mol. The van der Waals surface area contributed by atoms with E-state index in [1.165, 1.54) is 19.9 Å². The van der Waals surface area contributed by atoms with E-state index < -0.39 is 183 Å². The minimum absolute atomic E-state index is 0.567. The second kappa shape index (κ2) is 25.9. The first-order valence-electron chi connectivity index (χ1n) is 22.1. The molecule has 0 radical (unpaired) electrons. The predicted octanol–water partition coefficient (Wildman–Crippen LogP) is -0.151. The highest BCUT2D eigenvalue weighted by molar-refractivity contribution is 5.70. The SMILES string of the molecule is CC(=O)OCC1OC=CC(O[C@@H]2OC(C)[C@@H](OC(C)=O)C(OC(C)=O)C2OC(C)=O)[C@@H]1O[C@@H]1OC(COC(C)=O)[C@H](OC(C)=O)C(OC(C)=O)C1OC1OC(C)[C@@H](OC(C)=O)C(OC(C)=O)[C@@H]1OC(C)=O. The third kappa shape index (κ3) is 16.5. The van der Waals surface area contributed by atoms with E-state index in [4.69, 9.17) is 80.5 Å². The van der Waals surface area contributed by atoms with Crippen LogP contribution in [0.25, 0.3) is 0 Å². The summed E-state index contributed by atoms with van der Waals surface area (Å²) in [5.41, 5.74) is 0. The molecule has 0 N–H and O–H groups in total. The molecular formula is C44H60O27. The largest absolute Gasteiger partial charge is 0.492 e. The predicted molar refractivity (Wildman–Crippen MR) is 224 cm³/mol. The Labute approximate surface area is 406 Å². The van der Waals surface area contributed by atoms with Crippen LogP contribution in [0.2, 0.25) is 0 Å². The van der Waals surface area contributed by atoms with Gasteiger partial charge in [0.15, 0.2) is 79.9 Å². The first-order valence-corrected chi connectivity index (χ1v) is 22.1. The maximum Gasteiger partial charge on any atom is 0.303 e. The van der Waals surface area contributed by atoms with Gasteiger partial charge in [-0.2, -0.15) is 0 Å². The van der Waals surface area contributed by atoms with Gasteiger partial charge in [-0.3, -0.25) is 47.9 Å². The van der Waals surface area contributed by atoms with Gasteiger partial charge in [-0.15, -0.1) is 0 Å². The third-order valence-corrected chi connectivity index (χ3v) is 10.4. The number of carbonyl (C=O) groups is 10. The Balaban J connectivity index is 1.92. The molecule has 3 fully saturated rings. The van der Waals surface area contributed by atoms with Crippen molar-refractivity contribution in [1.82, 2.24) is 0 Å². The number of esters is 10. The van der Waals surface area contributed by atoms with Crippen molar-refractivity contribution in [2.75, 3.05) is 13.2 Å². The summed E-state index contributed by atoms with van der Waals surface area (Å²) < 4.78 is 99.1. The zero-order valence-electron chi connectivity index (χ0n) is 41.0. The van der Waals surface area contributed by atoms with Crippen LogP contribution in [0.5, 0.6) is 0 Å². The summed E-state index contributed by atoms with van der Waals surface area (Å²) in [6.07, 6.45) is -26.1. The van der Waals surface area contributed by atoms with Crippen molar-refractivity contribution in [1.29, 1.82) is 0 Å². The van der Waals surface area contributed by atoms with Crippen LogP contribution in [0.1, 0.15) is 83.1 Å². The number of hydrogen-bond acceptors (Lipinski definition) is 27. The smallest absolute Gasteiger partial charge is 0.303 e. The van der Waals surface area contributed by atoms with Crippen molar-refractivity contribution in [2.45, 2.75) is 194 Å². The molecule has 0 saturated carbocycles. The van der Waals surface area contributed by atoms with Crippen LogP contribution in [0.3, 0.4) is 0 Å². The lowest BCUT2D eigenvalue weighted by Crippen LogP contribution is -2.67. The fourth-order valence-electron chi connectivity index (χ4n) is 7.99. The first-order chi connectivity index (χ1) is 33.2. The molecule has 18 atom stereocenters. The van der Waals surface area contributed by atoms with Crippen molar-refractivity contribution >= 4 is 59.7 Å². The molecule has 398 valence electrons. The van der Waals surface area contributed by atoms with Gasteiger partial charge in [0.05, 0.1) is 18.5 Å². The normalized spacial score (nSPS) is 34.4. The molecule has 3 saturated heterocycles. The second-order valence-electron chi connectivity index (χ2n) is 16.5. The summed E-state index contributed by atoms with van der Waals surface area (Å²) in [6, 6.07) is 0. The van der Waals surface area contributed by atoms with Crippen LogP contribution in [-0.4, -0.2) is 183 Å². The third-order valence-electron chi connectivity index (χ3n) is 10.4. The van der Waals surface area contributed by atoms with Gasteiger partial charge in [0.2, 0.25) is 0 Å². The van der Waals surface area contributed by atoms with Crippen LogP contribution in [0.15, 0.2) is 12.3 Å². The maximum absolute atomic E-state index is 13.0. The van der Waals surface area contributed by atoms with Crippen LogP contribution in [0.4, 0.5) is 0 Å². The Bertz CT molecular complexity index is 1990. The summed E-state index contributed by atoms with van der Waals surface area (Å²) in [6.45, 7) is 12.1. The first kappa shape index (κ1) is 57.6. The minimum atomic E-state index is -1.97. The van der Waals surface area contributed by atoms with Crippen molar-refractivity contribution < 1.29 is 128 Å². The van der Waals surface area contributed by atoms with Crippen molar-refractivity contribution in [3.05, 3.63) is 12.3 Å². The average Bonchev–Trinajstić information content (AvgIpc) is 3.23. The van der Waals surface area contributed by atoms with E-state index in [0.29, 0.717) is 0 Å². The number of hydrogen-bond donors (Lipinski definition) is 0. The van der Waals surface area contributed by atoms with E-state index in [-0.39, 0.29) is 0 Å². The fourth-order valence-corrected chi connectivity index (χ4v) is 7.99. The van der Waals surface area contributed by atoms with Gasteiger partial charge in [-0.1, -0.05) is 0 Å². The van der Waals surface area contributed by atoms with E-state index in [9.17, 15) is 47.9 Å². The molecule has 0 spiro atoms. The number of rotatable bonds is 18. The van der Waals surface area contributed by atoms with E-state index in [2.05, 4.69) is 0 Å². The molecule has 27 nitrogen and oxygen atoms in total. The topological polar surface area (TPSA) is 328 Å². The molecular weight excluding hydrogens is 960 g/mol. The van der Waals surface area contributed by atoms with Crippen LogP contribution < -0.4 is 0 Å². The van der Waals surface area contributed by atoms with Crippen LogP contribution in [-0.2, 0) is 128 Å². The summed E-state index contributed by atoms with van der Waals surface area (Å²) in [5.74, 6) is -8.83. The zero-order valence-corrected chi connectivity index (χ0v) is 41.0. The number of ether oxygens (including phenoxy) is 17. The zero-order chi connectivity index (χ0) is 53.0. The van der Waals surface area contributed by atoms with Gasteiger partial charge in [0, 0.05) is 69.2 Å². The van der Waals surface area contributed by atoms with Gasteiger partial charge in [-0.25, -0.2) is 0 Å². The van der Waals surface area contributed by atoms with Crippen molar-refractivity contribution in [2.24, 2.45) is 0 Å². The van der Waals surface area contributed by atoms with Crippen molar-refractivity contribution in [3.63, 3.8) is 0 Å². The van der Waals surface area contributed by atoms with Gasteiger partial charge in [0.1, 0.15) is 31.5 Å². The molecule has 0 amide bonds. The summed E-state index contributed by atoms with van der Waals surface area (Å²) in [7, 11) is 0. The Kier molecular flexibility index (Phi) is 21.0. The van der Waals surface area contributed by atoms with E-state index in [0.717, 1.165) is 75.5 Å². The lowest BCUT2D eigenvalue weighted by molar-refractivity contribution is -0.379. The van der Waals surface area contributed by atoms with Gasteiger partial charge in [0.25, 0.3) is 0 Å². The molecule has 0 aromatic rings. The quantitative estimate of drug-likeness (QED) is 0.127. The van der Waals surface area contributed by atoms with Crippen molar-refractivity contribution in [3.8, 4) is 0 Å². The van der Waals surface area contributed by atoms with E-state index >= 15 is 0 Å². The summed E-state index contributed by atoms with van der Waals surface area (Å²) in [4.78, 5) is 125. The highest BCUT2D eigenvalue weighted by atomic mass is 16.8. The molecule has 0 bridgehead atoms. The highest BCUT2D eigenvalue weighted by Crippen LogP contribution is 2.38. The summed E-state index contributed by atoms with van der Waals surface area (Å²) >= 11 is 0. The van der Waals surface area contributed by atoms with Gasteiger partial charge >= 0.3 is 59.7 Å². The summed E-state index contributed by atoms with van der Waals surface area (Å²) in [5, 5.41) is 0. The molecule has 0 aromatic heterocycles.